The molecule has 0 saturated carbocycles. The second-order valence-corrected chi connectivity index (χ2v) is 8.37. The lowest BCUT2D eigenvalue weighted by Crippen LogP contribution is -2.05. The standard InChI is InChI=1S/C24H24N4O2S/c1-15(2)14-31-24-27-22(18-7-11-20(30-4)12-8-18)21(13-25)23(28-24)26-19-9-5-17(6-10-19)16(3)29/h5-12,15H,14H2,1-4H3,(H,26,27,28). The molecule has 1 aromatic heterocycles. The third kappa shape index (κ3) is 5.62. The highest BCUT2D eigenvalue weighted by Crippen LogP contribution is 2.32. The first-order chi connectivity index (χ1) is 14.9. The van der Waals surface area contributed by atoms with Gasteiger partial charge < -0.3 is 10.1 Å². The first kappa shape index (κ1) is 22.3. The summed E-state index contributed by atoms with van der Waals surface area (Å²) in [4.78, 5) is 20.8. The molecular weight excluding hydrogens is 408 g/mol. The number of nitrogens with zero attached hydrogens (tertiary/aromatic N) is 3. The number of thioether (sulfide) groups is 1. The summed E-state index contributed by atoms with van der Waals surface area (Å²) in [5.41, 5.74) is 3.09. The number of hydrogen-bond acceptors (Lipinski definition) is 7. The number of carbonyl (C=O) groups is 1. The first-order valence-electron chi connectivity index (χ1n) is 9.88. The van der Waals surface area contributed by atoms with E-state index in [1.807, 2.05) is 24.3 Å². The van der Waals surface area contributed by atoms with Gasteiger partial charge in [-0.25, -0.2) is 9.97 Å². The van der Waals surface area contributed by atoms with Gasteiger partial charge in [-0.15, -0.1) is 0 Å². The van der Waals surface area contributed by atoms with Gasteiger partial charge in [0.2, 0.25) is 0 Å². The molecule has 0 aliphatic heterocycles. The maximum Gasteiger partial charge on any atom is 0.190 e. The van der Waals surface area contributed by atoms with E-state index in [9.17, 15) is 10.1 Å². The summed E-state index contributed by atoms with van der Waals surface area (Å²) in [6.45, 7) is 5.80. The molecule has 0 fully saturated rings. The number of hydrogen-bond donors (Lipinski definition) is 1. The number of Topliss-reactive ketones (excluding diaryl/α,β-unsaturated/α-hetero) is 1. The van der Waals surface area contributed by atoms with Gasteiger partial charge in [-0.3, -0.25) is 4.79 Å². The van der Waals surface area contributed by atoms with Crippen LogP contribution in [0.3, 0.4) is 0 Å². The highest BCUT2D eigenvalue weighted by atomic mass is 32.2. The molecule has 2 aromatic carbocycles. The smallest absolute Gasteiger partial charge is 0.190 e. The Labute approximate surface area is 186 Å². The van der Waals surface area contributed by atoms with Crippen molar-refractivity contribution in [2.75, 3.05) is 18.2 Å². The lowest BCUT2D eigenvalue weighted by Gasteiger charge is -2.14. The molecular formula is C24H24N4O2S. The van der Waals surface area contributed by atoms with Gasteiger partial charge in [-0.2, -0.15) is 5.26 Å². The third-order valence-electron chi connectivity index (χ3n) is 4.46. The topological polar surface area (TPSA) is 87.9 Å². The van der Waals surface area contributed by atoms with Crippen molar-refractivity contribution < 1.29 is 9.53 Å². The van der Waals surface area contributed by atoms with Crippen LogP contribution in [0.2, 0.25) is 0 Å². The molecule has 31 heavy (non-hydrogen) atoms. The van der Waals surface area contributed by atoms with Crippen LogP contribution in [0.5, 0.6) is 5.75 Å². The van der Waals surface area contributed by atoms with Crippen LogP contribution in [0.1, 0.15) is 36.7 Å². The fraction of sp³-hybridized carbons (Fsp3) is 0.250. The number of ether oxygens (including phenoxy) is 1. The van der Waals surface area contributed by atoms with Gasteiger partial charge in [-0.05, 0) is 61.4 Å². The van der Waals surface area contributed by atoms with Gasteiger partial charge >= 0.3 is 0 Å². The van der Waals surface area contributed by atoms with Crippen LogP contribution in [0, 0.1) is 17.2 Å². The maximum atomic E-state index is 11.5. The molecule has 0 aliphatic carbocycles. The van der Waals surface area contributed by atoms with Crippen LogP contribution in [0.4, 0.5) is 11.5 Å². The third-order valence-corrected chi connectivity index (χ3v) is 5.74. The van der Waals surface area contributed by atoms with E-state index in [2.05, 4.69) is 35.2 Å². The van der Waals surface area contributed by atoms with E-state index in [1.165, 1.54) is 6.92 Å². The number of ketones is 1. The van der Waals surface area contributed by atoms with E-state index in [0.717, 1.165) is 22.8 Å². The Kier molecular flexibility index (Phi) is 7.27. The van der Waals surface area contributed by atoms with E-state index < -0.39 is 0 Å². The zero-order chi connectivity index (χ0) is 22.4. The van der Waals surface area contributed by atoms with Crippen LogP contribution < -0.4 is 10.1 Å². The van der Waals surface area contributed by atoms with Crippen LogP contribution in [-0.4, -0.2) is 28.6 Å². The molecule has 1 heterocycles. The molecule has 0 amide bonds. The van der Waals surface area contributed by atoms with Crippen LogP contribution in [0.15, 0.2) is 53.7 Å². The average molecular weight is 433 g/mol. The lowest BCUT2D eigenvalue weighted by molar-refractivity contribution is 0.101. The molecule has 0 unspecified atom stereocenters. The number of benzene rings is 2. The van der Waals surface area contributed by atoms with Crippen molar-refractivity contribution in [3.8, 4) is 23.1 Å². The molecule has 0 spiro atoms. The Bertz CT molecular complexity index is 1100. The summed E-state index contributed by atoms with van der Waals surface area (Å²) in [5.74, 6) is 2.50. The van der Waals surface area contributed by atoms with Crippen molar-refractivity contribution in [2.24, 2.45) is 5.92 Å². The lowest BCUT2D eigenvalue weighted by atomic mass is 10.1. The minimum atomic E-state index is 0.000429. The summed E-state index contributed by atoms with van der Waals surface area (Å²) in [6, 6.07) is 16.8. The SMILES string of the molecule is COc1ccc(-c2nc(SCC(C)C)nc(Nc3ccc(C(C)=O)cc3)c2C#N)cc1. The quantitative estimate of drug-likeness (QED) is 0.277. The molecule has 6 nitrogen and oxygen atoms in total. The molecule has 1 N–H and O–H groups in total. The van der Waals surface area contributed by atoms with Gasteiger partial charge in [0.25, 0.3) is 0 Å². The molecule has 7 heteroatoms. The summed E-state index contributed by atoms with van der Waals surface area (Å²) < 4.78 is 5.24. The van der Waals surface area contributed by atoms with Gasteiger partial charge in [0.15, 0.2) is 16.8 Å². The van der Waals surface area contributed by atoms with Crippen molar-refractivity contribution in [3.05, 3.63) is 59.7 Å². The maximum absolute atomic E-state index is 11.5. The number of carbonyl (C=O) groups excluding carboxylic acids is 1. The monoisotopic (exact) mass is 432 g/mol. The normalized spacial score (nSPS) is 10.6. The van der Waals surface area contributed by atoms with Gasteiger partial charge in [0.1, 0.15) is 17.4 Å². The molecule has 3 aromatic rings. The fourth-order valence-corrected chi connectivity index (χ4v) is 3.62. The Morgan fingerprint density at radius 1 is 1.13 bits per heavy atom. The molecule has 3 rings (SSSR count). The highest BCUT2D eigenvalue weighted by Gasteiger charge is 2.17. The van der Waals surface area contributed by atoms with Crippen molar-refractivity contribution in [2.45, 2.75) is 25.9 Å². The van der Waals surface area contributed by atoms with E-state index in [0.29, 0.717) is 33.7 Å². The fourth-order valence-electron chi connectivity index (χ4n) is 2.83. The number of nitriles is 1. The minimum Gasteiger partial charge on any atom is -0.497 e. The number of methoxy groups -OCH3 is 1. The van der Waals surface area contributed by atoms with Gasteiger partial charge in [0, 0.05) is 22.6 Å². The van der Waals surface area contributed by atoms with Gasteiger partial charge in [-0.1, -0.05) is 25.6 Å². The van der Waals surface area contributed by atoms with Gasteiger partial charge in [0.05, 0.1) is 12.8 Å². The average Bonchev–Trinajstić information content (AvgIpc) is 2.77. The van der Waals surface area contributed by atoms with Crippen molar-refractivity contribution in [1.82, 2.24) is 9.97 Å². The molecule has 0 aliphatic rings. The van der Waals surface area contributed by atoms with Crippen molar-refractivity contribution in [1.29, 1.82) is 5.26 Å². The summed E-state index contributed by atoms with van der Waals surface area (Å²) in [6.07, 6.45) is 0. The Balaban J connectivity index is 2.05. The zero-order valence-electron chi connectivity index (χ0n) is 18.0. The predicted molar refractivity (Wildman–Crippen MR) is 124 cm³/mol. The molecule has 0 bridgehead atoms. The predicted octanol–water partition coefficient (Wildman–Crippen LogP) is 5.72. The number of nitrogens with one attached hydrogen (secondary N) is 1. The number of rotatable bonds is 8. The number of aromatic nitrogens is 2. The molecule has 0 saturated heterocycles. The van der Waals surface area contributed by atoms with Crippen LogP contribution in [0.25, 0.3) is 11.3 Å². The zero-order valence-corrected chi connectivity index (χ0v) is 18.8. The van der Waals surface area contributed by atoms with E-state index in [-0.39, 0.29) is 5.78 Å². The van der Waals surface area contributed by atoms with E-state index >= 15 is 0 Å². The molecule has 0 atom stereocenters. The van der Waals surface area contributed by atoms with Crippen LogP contribution in [-0.2, 0) is 0 Å². The summed E-state index contributed by atoms with van der Waals surface area (Å²) in [5, 5.41) is 13.7. The Hall–Kier alpha value is -3.37. The van der Waals surface area contributed by atoms with E-state index in [1.54, 1.807) is 43.1 Å². The van der Waals surface area contributed by atoms with Crippen LogP contribution >= 0.6 is 11.8 Å². The second kappa shape index (κ2) is 10.1. The summed E-state index contributed by atoms with van der Waals surface area (Å²) in [7, 11) is 1.61. The molecule has 0 radical (unpaired) electrons. The largest absolute Gasteiger partial charge is 0.497 e. The first-order valence-corrected chi connectivity index (χ1v) is 10.9. The van der Waals surface area contributed by atoms with Crippen molar-refractivity contribution in [3.63, 3.8) is 0 Å². The van der Waals surface area contributed by atoms with E-state index in [4.69, 9.17) is 4.74 Å². The minimum absolute atomic E-state index is 0.000429. The molecule has 158 valence electrons. The van der Waals surface area contributed by atoms with Crippen molar-refractivity contribution >= 4 is 29.1 Å². The Morgan fingerprint density at radius 3 is 2.35 bits per heavy atom. The summed E-state index contributed by atoms with van der Waals surface area (Å²) >= 11 is 1.55. The number of anilines is 2. The second-order valence-electron chi connectivity index (χ2n) is 7.38. The Morgan fingerprint density at radius 2 is 1.81 bits per heavy atom. The highest BCUT2D eigenvalue weighted by molar-refractivity contribution is 7.99.